The van der Waals surface area contributed by atoms with Crippen LogP contribution in [0.2, 0.25) is 0 Å². The smallest absolute Gasteiger partial charge is 0.335 e. The Morgan fingerprint density at radius 1 is 1.09 bits per heavy atom. The Hall–Kier alpha value is -4.17. The van der Waals surface area contributed by atoms with Gasteiger partial charge in [0.2, 0.25) is 0 Å². The lowest BCUT2D eigenvalue weighted by atomic mass is 10.0. The Balaban J connectivity index is 1.53. The summed E-state index contributed by atoms with van der Waals surface area (Å²) in [7, 11) is 0. The third-order valence-electron chi connectivity index (χ3n) is 5.86. The van der Waals surface area contributed by atoms with E-state index in [9.17, 15) is 9.90 Å². The number of ether oxygens (including phenoxy) is 1. The Morgan fingerprint density at radius 2 is 1.86 bits per heavy atom. The SMILES string of the molecule is CCOc1ccc(N2C(=S)N[C@@H](c3ccccn3)[C@H]2c2ccc(-c3ccc(C(=O)O)cc3)o2)cc1. The highest BCUT2D eigenvalue weighted by atomic mass is 32.1. The van der Waals surface area contributed by atoms with Crippen molar-refractivity contribution in [3.8, 4) is 17.1 Å². The molecule has 0 unspecified atom stereocenters. The number of benzene rings is 2. The summed E-state index contributed by atoms with van der Waals surface area (Å²) in [6.07, 6.45) is 1.76. The highest BCUT2D eigenvalue weighted by Crippen LogP contribution is 2.43. The minimum absolute atomic E-state index is 0.225. The van der Waals surface area contributed by atoms with Gasteiger partial charge in [0.15, 0.2) is 5.11 Å². The van der Waals surface area contributed by atoms with E-state index in [1.807, 2.05) is 66.4 Å². The molecule has 176 valence electrons. The second-order valence-electron chi connectivity index (χ2n) is 8.01. The number of aromatic nitrogens is 1. The predicted molar refractivity (Wildman–Crippen MR) is 137 cm³/mol. The number of pyridine rings is 1. The Kier molecular flexibility index (Phi) is 6.20. The number of thiocarbonyl (C=S) groups is 1. The molecule has 1 aliphatic rings. The van der Waals surface area contributed by atoms with E-state index in [1.165, 1.54) is 0 Å². The summed E-state index contributed by atoms with van der Waals surface area (Å²) in [6.45, 7) is 2.54. The quantitative estimate of drug-likeness (QED) is 0.326. The van der Waals surface area contributed by atoms with Crippen LogP contribution >= 0.6 is 12.2 Å². The Labute approximate surface area is 208 Å². The minimum atomic E-state index is -0.966. The van der Waals surface area contributed by atoms with Crippen LogP contribution in [0, 0.1) is 0 Å². The van der Waals surface area contributed by atoms with Crippen LogP contribution in [0.25, 0.3) is 11.3 Å². The molecule has 2 aromatic carbocycles. The number of hydrogen-bond donors (Lipinski definition) is 2. The molecule has 0 amide bonds. The Morgan fingerprint density at radius 3 is 2.51 bits per heavy atom. The first-order valence-electron chi connectivity index (χ1n) is 11.2. The van der Waals surface area contributed by atoms with Gasteiger partial charge in [-0.05, 0) is 79.8 Å². The van der Waals surface area contributed by atoms with Crippen molar-refractivity contribution in [2.75, 3.05) is 11.5 Å². The number of rotatable bonds is 7. The van der Waals surface area contributed by atoms with Crippen LogP contribution in [-0.4, -0.2) is 27.8 Å². The van der Waals surface area contributed by atoms with Crippen molar-refractivity contribution in [3.63, 3.8) is 0 Å². The molecule has 3 heterocycles. The molecular weight excluding hydrogens is 462 g/mol. The predicted octanol–water partition coefficient (Wildman–Crippen LogP) is 5.62. The van der Waals surface area contributed by atoms with Gasteiger partial charge in [-0.3, -0.25) is 4.98 Å². The zero-order valence-electron chi connectivity index (χ0n) is 18.9. The second-order valence-corrected chi connectivity index (χ2v) is 8.39. The van der Waals surface area contributed by atoms with Crippen LogP contribution in [0.5, 0.6) is 5.75 Å². The van der Waals surface area contributed by atoms with Crippen molar-refractivity contribution in [2.45, 2.75) is 19.0 Å². The molecule has 1 aliphatic heterocycles. The summed E-state index contributed by atoms with van der Waals surface area (Å²) in [4.78, 5) is 17.8. The van der Waals surface area contributed by atoms with E-state index in [0.29, 0.717) is 23.2 Å². The lowest BCUT2D eigenvalue weighted by molar-refractivity contribution is 0.0697. The zero-order valence-corrected chi connectivity index (χ0v) is 19.7. The van der Waals surface area contributed by atoms with E-state index in [2.05, 4.69) is 10.3 Å². The summed E-state index contributed by atoms with van der Waals surface area (Å²) >= 11 is 5.76. The third kappa shape index (κ3) is 4.48. The molecule has 4 aromatic rings. The van der Waals surface area contributed by atoms with Crippen LogP contribution in [-0.2, 0) is 0 Å². The molecule has 35 heavy (non-hydrogen) atoms. The molecule has 0 aliphatic carbocycles. The molecular formula is C27H23N3O4S. The van der Waals surface area contributed by atoms with Gasteiger partial charge in [0, 0.05) is 17.4 Å². The number of carbonyl (C=O) groups is 1. The van der Waals surface area contributed by atoms with Gasteiger partial charge in [-0.1, -0.05) is 18.2 Å². The molecule has 0 saturated carbocycles. The first-order chi connectivity index (χ1) is 17.0. The number of furan rings is 1. The second kappa shape index (κ2) is 9.60. The molecule has 8 heteroatoms. The van der Waals surface area contributed by atoms with Crippen molar-refractivity contribution >= 4 is 29.0 Å². The number of anilines is 1. The number of hydrogen-bond acceptors (Lipinski definition) is 5. The summed E-state index contributed by atoms with van der Waals surface area (Å²) in [5.41, 5.74) is 2.76. The summed E-state index contributed by atoms with van der Waals surface area (Å²) in [5.74, 6) is 1.17. The molecule has 2 atom stereocenters. The van der Waals surface area contributed by atoms with Crippen LogP contribution in [0.1, 0.15) is 40.8 Å². The number of carboxylic acids is 1. The van der Waals surface area contributed by atoms with Gasteiger partial charge in [0.25, 0.3) is 0 Å². The molecule has 5 rings (SSSR count). The maximum absolute atomic E-state index is 11.2. The molecule has 1 fully saturated rings. The van der Waals surface area contributed by atoms with Crippen LogP contribution in [0.4, 0.5) is 5.69 Å². The van der Waals surface area contributed by atoms with Crippen molar-refractivity contribution in [2.24, 2.45) is 0 Å². The van der Waals surface area contributed by atoms with Gasteiger partial charge in [-0.2, -0.15) is 0 Å². The average molecular weight is 486 g/mol. The van der Waals surface area contributed by atoms with Gasteiger partial charge in [0.05, 0.1) is 23.9 Å². The van der Waals surface area contributed by atoms with Crippen molar-refractivity contribution in [1.82, 2.24) is 10.3 Å². The highest BCUT2D eigenvalue weighted by Gasteiger charge is 2.42. The lowest BCUT2D eigenvalue weighted by Crippen LogP contribution is -2.29. The first kappa shape index (κ1) is 22.6. The van der Waals surface area contributed by atoms with Crippen molar-refractivity contribution in [3.05, 3.63) is 102 Å². The molecule has 1 saturated heterocycles. The largest absolute Gasteiger partial charge is 0.494 e. The standard InChI is InChI=1S/C27H23N3O4S/c1-2-33-20-12-10-19(11-13-20)30-25(24(29-27(30)35)21-5-3-4-16-28-21)23-15-14-22(34-23)17-6-8-18(9-7-17)26(31)32/h3-16,24-25H,2H2,1H3,(H,29,35)(H,31,32)/t24-,25+/m0/s1. The van der Waals surface area contributed by atoms with E-state index in [0.717, 1.165) is 22.7 Å². The highest BCUT2D eigenvalue weighted by molar-refractivity contribution is 7.80. The fraction of sp³-hybridized carbons (Fsp3) is 0.148. The van der Waals surface area contributed by atoms with Gasteiger partial charge in [-0.25, -0.2) is 4.79 Å². The van der Waals surface area contributed by atoms with Gasteiger partial charge < -0.3 is 24.5 Å². The minimum Gasteiger partial charge on any atom is -0.494 e. The van der Waals surface area contributed by atoms with E-state index in [1.54, 1.807) is 30.5 Å². The monoisotopic (exact) mass is 485 g/mol. The fourth-order valence-corrected chi connectivity index (χ4v) is 4.58. The molecule has 7 nitrogen and oxygen atoms in total. The number of nitrogens with one attached hydrogen (secondary N) is 1. The van der Waals surface area contributed by atoms with Crippen LogP contribution in [0.15, 0.2) is 89.5 Å². The maximum atomic E-state index is 11.2. The number of carboxylic acid groups (broad SMARTS) is 1. The fourth-order valence-electron chi connectivity index (χ4n) is 4.24. The van der Waals surface area contributed by atoms with E-state index < -0.39 is 5.97 Å². The lowest BCUT2D eigenvalue weighted by Gasteiger charge is -2.26. The van der Waals surface area contributed by atoms with E-state index in [-0.39, 0.29) is 17.6 Å². The topological polar surface area (TPSA) is 87.8 Å². The maximum Gasteiger partial charge on any atom is 0.335 e. The van der Waals surface area contributed by atoms with Gasteiger partial charge in [-0.15, -0.1) is 0 Å². The number of nitrogens with zero attached hydrogens (tertiary/aromatic N) is 2. The van der Waals surface area contributed by atoms with Crippen LogP contribution in [0.3, 0.4) is 0 Å². The average Bonchev–Trinajstić information content (AvgIpc) is 3.50. The van der Waals surface area contributed by atoms with Gasteiger partial charge >= 0.3 is 5.97 Å². The Bertz CT molecular complexity index is 1340. The van der Waals surface area contributed by atoms with E-state index in [4.69, 9.17) is 21.4 Å². The summed E-state index contributed by atoms with van der Waals surface area (Å²) in [6, 6.07) is 23.5. The van der Waals surface area contributed by atoms with Gasteiger partial charge in [0.1, 0.15) is 23.3 Å². The molecule has 2 aromatic heterocycles. The molecule has 0 spiro atoms. The van der Waals surface area contributed by atoms with Crippen molar-refractivity contribution < 1.29 is 19.1 Å². The zero-order chi connectivity index (χ0) is 24.4. The summed E-state index contributed by atoms with van der Waals surface area (Å²) < 4.78 is 11.9. The normalized spacial score (nSPS) is 17.3. The number of aromatic carboxylic acids is 1. The van der Waals surface area contributed by atoms with Crippen LogP contribution < -0.4 is 15.0 Å². The van der Waals surface area contributed by atoms with Crippen molar-refractivity contribution in [1.29, 1.82) is 0 Å². The van der Waals surface area contributed by atoms with E-state index >= 15 is 0 Å². The molecule has 0 radical (unpaired) electrons. The molecule has 0 bridgehead atoms. The molecule has 2 N–H and O–H groups in total. The summed E-state index contributed by atoms with van der Waals surface area (Å²) in [5, 5.41) is 13.2. The first-order valence-corrected chi connectivity index (χ1v) is 11.6. The third-order valence-corrected chi connectivity index (χ3v) is 6.17.